The first-order valence-corrected chi connectivity index (χ1v) is 11.5. The van der Waals surface area contributed by atoms with E-state index < -0.39 is 45.0 Å². The minimum Gasteiger partial charge on any atom is -0.351 e. The van der Waals surface area contributed by atoms with Crippen molar-refractivity contribution < 1.29 is 35.2 Å². The number of carbonyl (C=O) groups excluding carboxylic acids is 1. The van der Waals surface area contributed by atoms with Gasteiger partial charge in [-0.2, -0.15) is 13.2 Å². The molecular weight excluding hydrogens is 479 g/mol. The molecule has 34 heavy (non-hydrogen) atoms. The molecule has 3 aromatic carbocycles. The van der Waals surface area contributed by atoms with Crippen LogP contribution in [0, 0.1) is 11.6 Å². The van der Waals surface area contributed by atoms with Gasteiger partial charge in [0.05, 0.1) is 17.0 Å². The molecule has 0 unspecified atom stereocenters. The third-order valence-electron chi connectivity index (χ3n) is 4.82. The summed E-state index contributed by atoms with van der Waals surface area (Å²) in [6, 6.07) is 12.6. The van der Waals surface area contributed by atoms with Crippen LogP contribution in [0.1, 0.15) is 11.1 Å². The first kappa shape index (κ1) is 25.3. The van der Waals surface area contributed by atoms with E-state index in [1.54, 1.807) is 0 Å². The van der Waals surface area contributed by atoms with Crippen LogP contribution in [0.15, 0.2) is 71.6 Å². The van der Waals surface area contributed by atoms with Gasteiger partial charge in [0.15, 0.2) is 9.84 Å². The van der Waals surface area contributed by atoms with Crippen LogP contribution >= 0.6 is 0 Å². The van der Waals surface area contributed by atoms with Crippen molar-refractivity contribution in [1.82, 2.24) is 10.6 Å². The molecule has 0 aliphatic heterocycles. The van der Waals surface area contributed by atoms with E-state index in [0.29, 0.717) is 11.1 Å². The Hall–Kier alpha value is -3.31. The minimum absolute atomic E-state index is 0.102. The summed E-state index contributed by atoms with van der Waals surface area (Å²) in [4.78, 5) is 11.9. The van der Waals surface area contributed by atoms with E-state index in [2.05, 4.69) is 10.6 Å². The monoisotopic (exact) mass is 498 g/mol. The van der Waals surface area contributed by atoms with Crippen LogP contribution < -0.4 is 10.6 Å². The van der Waals surface area contributed by atoms with Crippen LogP contribution in [-0.2, 0) is 27.4 Å². The van der Waals surface area contributed by atoms with E-state index in [-0.39, 0.29) is 23.5 Å². The molecule has 2 N–H and O–H groups in total. The van der Waals surface area contributed by atoms with Crippen molar-refractivity contribution in [3.8, 4) is 11.1 Å². The molecule has 0 spiro atoms. The molecule has 0 bridgehead atoms. The molecule has 180 valence electrons. The van der Waals surface area contributed by atoms with Crippen molar-refractivity contribution in [2.75, 3.05) is 12.4 Å². The van der Waals surface area contributed by atoms with Crippen molar-refractivity contribution in [2.45, 2.75) is 17.6 Å². The van der Waals surface area contributed by atoms with Gasteiger partial charge in [0.1, 0.15) is 17.5 Å². The van der Waals surface area contributed by atoms with Crippen molar-refractivity contribution in [1.29, 1.82) is 0 Å². The molecule has 0 heterocycles. The summed E-state index contributed by atoms with van der Waals surface area (Å²) < 4.78 is 89.6. The lowest BCUT2D eigenvalue weighted by molar-refractivity contribution is -0.137. The molecule has 1 amide bonds. The number of benzene rings is 3. The number of hydrogen-bond donors (Lipinski definition) is 2. The molecule has 3 aromatic rings. The number of nitrogens with one attached hydrogen (secondary N) is 2. The lowest BCUT2D eigenvalue weighted by Gasteiger charge is -2.11. The van der Waals surface area contributed by atoms with Crippen LogP contribution in [-0.4, -0.2) is 26.7 Å². The van der Waals surface area contributed by atoms with Crippen molar-refractivity contribution in [3.63, 3.8) is 0 Å². The molecule has 0 fully saturated rings. The van der Waals surface area contributed by atoms with E-state index in [1.807, 2.05) is 0 Å². The van der Waals surface area contributed by atoms with E-state index >= 15 is 0 Å². The second-order valence-corrected chi connectivity index (χ2v) is 9.29. The first-order valence-electron chi connectivity index (χ1n) is 9.87. The topological polar surface area (TPSA) is 75.3 Å². The maximum absolute atomic E-state index is 14.2. The highest BCUT2D eigenvalue weighted by molar-refractivity contribution is 7.91. The van der Waals surface area contributed by atoms with E-state index in [4.69, 9.17) is 0 Å². The van der Waals surface area contributed by atoms with E-state index in [9.17, 15) is 35.2 Å². The zero-order valence-electron chi connectivity index (χ0n) is 17.5. The molecule has 3 rings (SSSR count). The minimum atomic E-state index is -4.47. The van der Waals surface area contributed by atoms with Crippen LogP contribution in [0.25, 0.3) is 11.1 Å². The number of rotatable bonds is 8. The highest BCUT2D eigenvalue weighted by atomic mass is 32.2. The van der Waals surface area contributed by atoms with E-state index in [0.717, 1.165) is 42.5 Å². The molecule has 0 aliphatic carbocycles. The van der Waals surface area contributed by atoms with Gasteiger partial charge < -0.3 is 5.32 Å². The molecule has 0 aliphatic rings. The Morgan fingerprint density at radius 1 is 0.853 bits per heavy atom. The molecular formula is C23H19F5N2O3S. The number of alkyl halides is 3. The normalized spacial score (nSPS) is 11.9. The summed E-state index contributed by atoms with van der Waals surface area (Å²) in [5.41, 5.74) is 0.195. The van der Waals surface area contributed by atoms with Gasteiger partial charge in [-0.1, -0.05) is 18.2 Å². The summed E-state index contributed by atoms with van der Waals surface area (Å²) >= 11 is 0. The van der Waals surface area contributed by atoms with Gasteiger partial charge in [-0.15, -0.1) is 0 Å². The molecule has 5 nitrogen and oxygen atoms in total. The van der Waals surface area contributed by atoms with Crippen molar-refractivity contribution in [3.05, 3.63) is 89.5 Å². The summed E-state index contributed by atoms with van der Waals surface area (Å²) in [6.45, 7) is -0.591. The molecule has 11 heteroatoms. The van der Waals surface area contributed by atoms with Crippen LogP contribution in [0.5, 0.6) is 0 Å². The molecule has 0 saturated heterocycles. The average molecular weight is 498 g/mol. The van der Waals surface area contributed by atoms with Gasteiger partial charge in [0.25, 0.3) is 0 Å². The van der Waals surface area contributed by atoms with Crippen LogP contribution in [0.2, 0.25) is 0 Å². The van der Waals surface area contributed by atoms with E-state index in [1.165, 1.54) is 24.3 Å². The fraction of sp³-hybridized carbons (Fsp3) is 0.174. The largest absolute Gasteiger partial charge is 0.416 e. The van der Waals surface area contributed by atoms with Gasteiger partial charge in [0, 0.05) is 12.1 Å². The maximum Gasteiger partial charge on any atom is 0.416 e. The number of sulfone groups is 1. The number of carbonyl (C=O) groups is 1. The summed E-state index contributed by atoms with van der Waals surface area (Å²) in [5.74, 6) is -2.37. The quantitative estimate of drug-likeness (QED) is 0.359. The predicted octanol–water partition coefficient (Wildman–Crippen LogP) is 4.29. The fourth-order valence-electron chi connectivity index (χ4n) is 3.02. The van der Waals surface area contributed by atoms with Crippen molar-refractivity contribution >= 4 is 15.7 Å². The lowest BCUT2D eigenvalue weighted by Crippen LogP contribution is -2.36. The van der Waals surface area contributed by atoms with Gasteiger partial charge in [-0.3, -0.25) is 10.1 Å². The van der Waals surface area contributed by atoms with Gasteiger partial charge >= 0.3 is 6.18 Å². The predicted molar refractivity (Wildman–Crippen MR) is 115 cm³/mol. The summed E-state index contributed by atoms with van der Waals surface area (Å²) in [6.07, 6.45) is -4.47. The SMILES string of the molecule is O=C(CNCS(=O)(=O)c1ccc(F)cc1)NCc1cc(-c2ccc(C(F)(F)F)cc2)ccc1F. The zero-order chi connectivity index (χ0) is 24.9. The van der Waals surface area contributed by atoms with Crippen molar-refractivity contribution in [2.24, 2.45) is 0 Å². The van der Waals surface area contributed by atoms with Gasteiger partial charge in [-0.05, 0) is 59.7 Å². The first-order chi connectivity index (χ1) is 16.0. The number of amides is 1. The average Bonchev–Trinajstić information content (AvgIpc) is 2.78. The standard InChI is InChI=1S/C23H19F5N2O3S/c24-19-6-8-20(9-7-19)34(32,33)14-29-13-22(31)30-12-17-11-16(3-10-21(17)25)15-1-4-18(5-2-15)23(26,27)28/h1-11,29H,12-14H2,(H,30,31). The number of hydrogen-bond acceptors (Lipinski definition) is 4. The summed E-state index contributed by atoms with van der Waals surface area (Å²) in [7, 11) is -3.78. The molecule has 0 saturated carbocycles. The zero-order valence-corrected chi connectivity index (χ0v) is 18.3. The Kier molecular flexibility index (Phi) is 7.68. The second-order valence-electron chi connectivity index (χ2n) is 7.30. The highest BCUT2D eigenvalue weighted by Gasteiger charge is 2.30. The smallest absolute Gasteiger partial charge is 0.351 e. The fourth-order valence-corrected chi connectivity index (χ4v) is 4.11. The Morgan fingerprint density at radius 3 is 2.09 bits per heavy atom. The Balaban J connectivity index is 1.56. The molecule has 0 radical (unpaired) electrons. The van der Waals surface area contributed by atoms with Gasteiger partial charge in [0.2, 0.25) is 5.91 Å². The van der Waals surface area contributed by atoms with Gasteiger partial charge in [-0.25, -0.2) is 17.2 Å². The third-order valence-corrected chi connectivity index (χ3v) is 6.39. The Morgan fingerprint density at radius 2 is 1.47 bits per heavy atom. The number of halogens is 5. The van der Waals surface area contributed by atoms with Crippen LogP contribution in [0.4, 0.5) is 22.0 Å². The third kappa shape index (κ3) is 6.61. The Bertz CT molecular complexity index is 1260. The Labute approximate surface area is 192 Å². The second kappa shape index (κ2) is 10.3. The summed E-state index contributed by atoms with van der Waals surface area (Å²) in [5, 5.41) is 4.91. The maximum atomic E-state index is 14.2. The van der Waals surface area contributed by atoms with Crippen LogP contribution in [0.3, 0.4) is 0 Å². The molecule has 0 aromatic heterocycles. The lowest BCUT2D eigenvalue weighted by atomic mass is 10.0. The highest BCUT2D eigenvalue weighted by Crippen LogP contribution is 2.31. The molecule has 0 atom stereocenters.